The van der Waals surface area contributed by atoms with Gasteiger partial charge in [-0.05, 0) is 528 Å². The largest absolute Gasteiger partial charge is 0.393 e. The van der Waals surface area contributed by atoms with Crippen molar-refractivity contribution in [3.63, 3.8) is 0 Å². The summed E-state index contributed by atoms with van der Waals surface area (Å²) < 4.78 is 0. The first-order valence-electron chi connectivity index (χ1n) is 57.7. The van der Waals surface area contributed by atoms with Crippen molar-refractivity contribution in [2.75, 3.05) is 0 Å². The third-order valence-corrected chi connectivity index (χ3v) is 49.3. The van der Waals surface area contributed by atoms with Gasteiger partial charge < -0.3 is 20.4 Å². The van der Waals surface area contributed by atoms with Gasteiger partial charge >= 0.3 is 0 Å². The molecule has 10 heteroatoms. The number of carbonyl (C=O) groups is 6. The zero-order valence-corrected chi connectivity index (χ0v) is 89.9. The molecule has 0 heterocycles. The summed E-state index contributed by atoms with van der Waals surface area (Å²) in [5.41, 5.74) is 18.5. The van der Waals surface area contributed by atoms with E-state index in [2.05, 4.69) is 158 Å². The summed E-state index contributed by atoms with van der Waals surface area (Å²) in [6, 6.07) is 0. The van der Waals surface area contributed by atoms with Gasteiger partial charge in [-0.25, -0.2) is 0 Å². The lowest BCUT2D eigenvalue weighted by atomic mass is 9.47. The van der Waals surface area contributed by atoms with E-state index < -0.39 is 0 Å². The molecule has 0 radical (unpaired) electrons. The van der Waals surface area contributed by atoms with Gasteiger partial charge in [0.2, 0.25) is 0 Å². The Morgan fingerprint density at radius 2 is 0.565 bits per heavy atom. The van der Waals surface area contributed by atoms with Gasteiger partial charge in [0.1, 0.15) is 5.78 Å². The minimum Gasteiger partial charge on any atom is -0.393 e. The molecule has 37 unspecified atom stereocenters. The van der Waals surface area contributed by atoms with Gasteiger partial charge in [0.05, 0.1) is 24.4 Å². The Bertz CT molecular complexity index is 4840. The summed E-state index contributed by atoms with van der Waals surface area (Å²) in [4.78, 5) is 72.4. The molecule has 0 aromatic heterocycles. The second-order valence-corrected chi connectivity index (χ2v) is 55.4. The molecule has 0 amide bonds. The third kappa shape index (κ3) is 16.4. The Kier molecular flexibility index (Phi) is 27.3. The minimum atomic E-state index is -0.295. The number of fused-ring (bicyclic) bond motifs is 30. The van der Waals surface area contributed by atoms with Gasteiger partial charge in [0.25, 0.3) is 0 Å². The maximum atomic E-state index is 12.2. The van der Waals surface area contributed by atoms with Crippen LogP contribution in [0.2, 0.25) is 0 Å². The summed E-state index contributed by atoms with van der Waals surface area (Å²) in [5.74, 6) is 17.4. The lowest BCUT2D eigenvalue weighted by molar-refractivity contribution is -0.127. The highest BCUT2D eigenvalue weighted by atomic mass is 16.3. The monoisotopic (exact) mass is 1880 g/mol. The van der Waals surface area contributed by atoms with E-state index in [1.807, 2.05) is 19.9 Å². The minimum absolute atomic E-state index is 0.106. The molecule has 4 N–H and O–H groups in total. The number of aliphatic hydroxyl groups excluding tert-OH is 4. The molecule has 0 bridgehead atoms. The third-order valence-electron chi connectivity index (χ3n) is 49.3. The van der Waals surface area contributed by atoms with Gasteiger partial charge in [-0.1, -0.05) is 191 Å². The van der Waals surface area contributed by atoms with Crippen molar-refractivity contribution in [3.8, 4) is 0 Å². The van der Waals surface area contributed by atoms with Crippen LogP contribution < -0.4 is 0 Å². The van der Waals surface area contributed by atoms with Gasteiger partial charge in [-0.3, -0.25) is 28.8 Å². The Labute approximate surface area is 835 Å². The van der Waals surface area contributed by atoms with E-state index in [1.165, 1.54) is 158 Å². The van der Waals surface area contributed by atoms with Crippen molar-refractivity contribution in [3.05, 3.63) is 128 Å². The van der Waals surface area contributed by atoms with Gasteiger partial charge in [-0.15, -0.1) is 0 Å². The fourth-order valence-electron chi connectivity index (χ4n) is 41.5. The zero-order valence-electron chi connectivity index (χ0n) is 89.9. The van der Waals surface area contributed by atoms with Crippen LogP contribution in [-0.4, -0.2) is 79.5 Å². The van der Waals surface area contributed by atoms with Crippen LogP contribution in [0.1, 0.15) is 415 Å². The number of aliphatic hydroxyl groups is 4. The number of ketones is 6. The number of hydrogen-bond donors (Lipinski definition) is 4. The molecule has 138 heavy (non-hydrogen) atoms. The molecule has 37 atom stereocenters. The lowest BCUT2D eigenvalue weighted by Gasteiger charge is -2.58. The second-order valence-electron chi connectivity index (χ2n) is 55.4. The highest BCUT2D eigenvalue weighted by Crippen LogP contribution is 2.74. The molecular weight excluding hydrogens is 1700 g/mol. The van der Waals surface area contributed by atoms with Gasteiger partial charge in [0, 0.05) is 12.3 Å². The Morgan fingerprint density at radius 1 is 0.283 bits per heavy atom. The maximum absolute atomic E-state index is 12.2. The highest BCUT2D eigenvalue weighted by molar-refractivity contribution is 5.97. The predicted octanol–water partition coefficient (Wildman–Crippen LogP) is 29.2. The average molecular weight is 1880 g/mol. The van der Waals surface area contributed by atoms with Crippen molar-refractivity contribution >= 4 is 34.7 Å². The van der Waals surface area contributed by atoms with Gasteiger partial charge in [0.15, 0.2) is 28.9 Å². The summed E-state index contributed by atoms with van der Waals surface area (Å²) >= 11 is 0. The summed E-state index contributed by atoms with van der Waals surface area (Å²) in [7, 11) is 0. The standard InChI is InChI=1S/2C22H32O.2C21H32O2.C21H30O2.C21H28O2/c2*1-14-9-11-21(3)16(13-14)5-6-17-19-8-7-18(15(2)23)22(19,4)12-10-20(17)21;4*1-13(22)17-6-7-18-16-5-4-14-12-15(23)8-10-20(14,2)19(16)9-11-21(17,18)3/h2*5,7,14,17,19-20H,6,8-13H2,1-4H3;4,15-19,23H,5-12H2,1-3H3;4,6,13,15-16,18-19,22-23H,5,7-12H2,1-3H3;4,6,15-16,18-19,23H,5,7-12H2,1-3H3;6,12,16,18-19H,4-5,7-11H2,1-3H3. The van der Waals surface area contributed by atoms with E-state index in [0.29, 0.717) is 97.6 Å². The quantitative estimate of drug-likeness (QED) is 0.187. The van der Waals surface area contributed by atoms with Crippen LogP contribution in [0.3, 0.4) is 0 Å². The van der Waals surface area contributed by atoms with E-state index in [1.54, 1.807) is 50.0 Å². The molecule has 0 aromatic rings. The molecular formula is C128H186O10. The Hall–Kier alpha value is -5.00. The molecule has 758 valence electrons. The number of allylic oxidation sites excluding steroid dienone is 18. The van der Waals surface area contributed by atoms with Crippen molar-refractivity contribution in [1.82, 2.24) is 0 Å². The summed E-state index contributed by atoms with van der Waals surface area (Å²) in [6.07, 6.45) is 75.6. The Balaban J connectivity index is 0.000000106. The Morgan fingerprint density at radius 3 is 0.906 bits per heavy atom. The molecule has 10 nitrogen and oxygen atoms in total. The number of carbonyl (C=O) groups excluding carboxylic acids is 6. The first kappa shape index (κ1) is 102. The fraction of sp³-hybridized carbons (Fsp3) is 0.781. The van der Waals surface area contributed by atoms with Crippen LogP contribution in [0.15, 0.2) is 128 Å². The van der Waals surface area contributed by atoms with Crippen molar-refractivity contribution in [2.45, 2.75) is 439 Å². The van der Waals surface area contributed by atoms with E-state index in [0.717, 1.165) is 234 Å². The summed E-state index contributed by atoms with van der Waals surface area (Å²) in [5, 5.41) is 40.4. The lowest BCUT2D eigenvalue weighted by Crippen LogP contribution is -2.50. The van der Waals surface area contributed by atoms with E-state index in [9.17, 15) is 49.2 Å². The molecule has 0 aromatic carbocycles. The number of Topliss-reactive ketones (excluding diaryl/α,β-unsaturated/α-hetero) is 5. The first-order valence-corrected chi connectivity index (χ1v) is 57.7. The van der Waals surface area contributed by atoms with E-state index in [4.69, 9.17) is 0 Å². The van der Waals surface area contributed by atoms with Crippen molar-refractivity contribution < 1.29 is 49.2 Å². The van der Waals surface area contributed by atoms with Gasteiger partial charge in [-0.2, -0.15) is 0 Å². The predicted molar refractivity (Wildman–Crippen MR) is 557 cm³/mol. The topological polar surface area (TPSA) is 183 Å². The normalized spacial score (nSPS) is 49.0. The second kappa shape index (κ2) is 37.1. The molecule has 24 rings (SSSR count). The van der Waals surface area contributed by atoms with E-state index >= 15 is 0 Å². The van der Waals surface area contributed by atoms with Crippen molar-refractivity contribution in [1.29, 1.82) is 0 Å². The SMILES string of the molecule is CC(=O)C1=CCC2C3CC=C4CC(C)CCC4(C)C3CCC12C.CC(=O)C1=CCC2C3CC=C4CC(C)CCC4(C)C3CCC12C.CC(=O)C1=CCC2C3CC=C4CC(O)CCC4(C)C3CCC12C.CC(=O)C1=CCC2C3CCC4=CC(=O)CCC4(C)C3CCC12C.CC(=O)C1CCC2C3CC=C4CC(O)CCC4(C)C3CCC12C.CC(O)C1=CCC2C3CC=C4CC(O)CCC4(C)C3CCC12C. The summed E-state index contributed by atoms with van der Waals surface area (Å²) in [6.45, 7) is 44.9. The molecule has 24 aliphatic rings. The smallest absolute Gasteiger partial charge is 0.156 e. The van der Waals surface area contributed by atoms with Crippen LogP contribution >= 0.6 is 0 Å². The van der Waals surface area contributed by atoms with E-state index in [-0.39, 0.29) is 73.9 Å². The fourth-order valence-corrected chi connectivity index (χ4v) is 41.5. The van der Waals surface area contributed by atoms with Crippen LogP contribution in [0.5, 0.6) is 0 Å². The molecule has 24 aliphatic carbocycles. The molecule has 0 spiro atoms. The zero-order chi connectivity index (χ0) is 98.4. The first-order chi connectivity index (χ1) is 65.2. The number of rotatable bonds is 6. The highest BCUT2D eigenvalue weighted by Gasteiger charge is 2.66. The average Bonchev–Trinajstić information content (AvgIpc) is 1.50. The van der Waals surface area contributed by atoms with Crippen LogP contribution in [0, 0.1) is 189 Å². The maximum Gasteiger partial charge on any atom is 0.156 e. The van der Waals surface area contributed by atoms with Crippen LogP contribution in [-0.2, 0) is 28.8 Å². The number of hydrogen-bond acceptors (Lipinski definition) is 10. The van der Waals surface area contributed by atoms with Crippen molar-refractivity contribution in [2.24, 2.45) is 189 Å². The molecule has 0 aliphatic heterocycles. The molecule has 0 saturated heterocycles. The molecule has 13 fully saturated rings. The van der Waals surface area contributed by atoms with Crippen LogP contribution in [0.25, 0.3) is 0 Å². The van der Waals surface area contributed by atoms with Crippen LogP contribution in [0.4, 0.5) is 0 Å². The molecule has 13 saturated carbocycles.